The third-order valence-electron chi connectivity index (χ3n) is 4.75. The highest BCUT2D eigenvalue weighted by atomic mass is 19.1. The zero-order valence-corrected chi connectivity index (χ0v) is 14.8. The second-order valence-electron chi connectivity index (χ2n) is 6.85. The Labute approximate surface area is 146 Å². The summed E-state index contributed by atoms with van der Waals surface area (Å²) in [7, 11) is 0. The zero-order chi connectivity index (χ0) is 18.1. The molecule has 25 heavy (non-hydrogen) atoms. The molecule has 1 N–H and O–H groups in total. The maximum Gasteiger partial charge on any atom is 0.243 e. The number of nitrogens with zero attached hydrogens (tertiary/aromatic N) is 1. The smallest absolute Gasteiger partial charge is 0.243 e. The normalized spacial score (nSPS) is 17.5. The van der Waals surface area contributed by atoms with E-state index >= 15 is 0 Å². The van der Waals surface area contributed by atoms with Crippen LogP contribution in [-0.4, -0.2) is 29.3 Å². The van der Waals surface area contributed by atoms with E-state index in [1.165, 1.54) is 12.1 Å². The van der Waals surface area contributed by atoms with Crippen LogP contribution in [0.3, 0.4) is 0 Å². The van der Waals surface area contributed by atoms with Gasteiger partial charge in [0.25, 0.3) is 0 Å². The molecule has 2 amide bonds. The van der Waals surface area contributed by atoms with Crippen LogP contribution in [0.15, 0.2) is 22.6 Å². The molecule has 2 heterocycles. The average Bonchev–Trinajstić information content (AvgIpc) is 3.18. The molecule has 2 aromatic rings. The number of nitrogens with one attached hydrogen (secondary N) is 1. The standard InChI is InChI=1S/C19H23FN2O3/c1-11(2)19(24)22-8-4-5-15(22)18(23)21-10-17-12(3)14-9-13(20)6-7-16(14)25-17/h6-7,9,11,15H,4-5,8,10H2,1-3H3,(H,21,23). The second-order valence-corrected chi connectivity index (χ2v) is 6.85. The number of hydrogen-bond donors (Lipinski definition) is 1. The first-order valence-corrected chi connectivity index (χ1v) is 8.64. The first kappa shape index (κ1) is 17.5. The average molecular weight is 346 g/mol. The van der Waals surface area contributed by atoms with E-state index in [0.717, 1.165) is 12.0 Å². The van der Waals surface area contributed by atoms with Gasteiger partial charge < -0.3 is 14.6 Å². The number of amides is 2. The third-order valence-corrected chi connectivity index (χ3v) is 4.75. The molecule has 1 fully saturated rings. The van der Waals surface area contributed by atoms with Crippen molar-refractivity contribution < 1.29 is 18.4 Å². The lowest BCUT2D eigenvalue weighted by Gasteiger charge is -2.25. The largest absolute Gasteiger partial charge is 0.459 e. The lowest BCUT2D eigenvalue weighted by molar-refractivity contribution is -0.140. The summed E-state index contributed by atoms with van der Waals surface area (Å²) in [6.07, 6.45) is 1.51. The monoisotopic (exact) mass is 346 g/mol. The molecule has 1 aliphatic heterocycles. The Balaban J connectivity index is 1.70. The van der Waals surface area contributed by atoms with Crippen LogP contribution in [0, 0.1) is 18.7 Å². The molecule has 0 spiro atoms. The van der Waals surface area contributed by atoms with Gasteiger partial charge in [0.15, 0.2) is 0 Å². The van der Waals surface area contributed by atoms with Gasteiger partial charge in [-0.05, 0) is 38.0 Å². The first-order chi connectivity index (χ1) is 11.9. The Morgan fingerprint density at radius 3 is 2.88 bits per heavy atom. The molecule has 1 unspecified atom stereocenters. The summed E-state index contributed by atoms with van der Waals surface area (Å²) in [6.45, 7) is 6.37. The number of rotatable bonds is 4. The molecule has 0 aliphatic carbocycles. The number of aryl methyl sites for hydroxylation is 1. The molecule has 1 saturated heterocycles. The molecular weight excluding hydrogens is 323 g/mol. The van der Waals surface area contributed by atoms with Gasteiger partial charge in [0.05, 0.1) is 6.54 Å². The number of fused-ring (bicyclic) bond motifs is 1. The van der Waals surface area contributed by atoms with Crippen molar-refractivity contribution in [3.05, 3.63) is 35.3 Å². The topological polar surface area (TPSA) is 62.6 Å². The van der Waals surface area contributed by atoms with Crippen molar-refractivity contribution >= 4 is 22.8 Å². The molecule has 0 saturated carbocycles. The Hall–Kier alpha value is -2.37. The van der Waals surface area contributed by atoms with Crippen LogP contribution in [0.4, 0.5) is 4.39 Å². The summed E-state index contributed by atoms with van der Waals surface area (Å²) in [4.78, 5) is 26.4. The van der Waals surface area contributed by atoms with Crippen molar-refractivity contribution in [1.29, 1.82) is 0 Å². The van der Waals surface area contributed by atoms with Crippen molar-refractivity contribution in [3.63, 3.8) is 0 Å². The van der Waals surface area contributed by atoms with Gasteiger partial charge in [0, 0.05) is 23.4 Å². The minimum Gasteiger partial charge on any atom is -0.459 e. The van der Waals surface area contributed by atoms with Crippen LogP contribution in [-0.2, 0) is 16.1 Å². The fourth-order valence-corrected chi connectivity index (χ4v) is 3.33. The lowest BCUT2D eigenvalue weighted by Crippen LogP contribution is -2.47. The molecule has 1 aromatic heterocycles. The SMILES string of the molecule is Cc1c(CNC(=O)C2CCCN2C(=O)C(C)C)oc2ccc(F)cc12. The van der Waals surface area contributed by atoms with Crippen molar-refractivity contribution in [2.45, 2.75) is 46.2 Å². The Kier molecular flexibility index (Phi) is 4.79. The summed E-state index contributed by atoms with van der Waals surface area (Å²) in [6, 6.07) is 3.95. The van der Waals surface area contributed by atoms with E-state index in [2.05, 4.69) is 5.32 Å². The van der Waals surface area contributed by atoms with Crippen molar-refractivity contribution in [2.24, 2.45) is 5.92 Å². The van der Waals surface area contributed by atoms with Gasteiger partial charge in [-0.3, -0.25) is 9.59 Å². The number of likely N-dealkylation sites (tertiary alicyclic amines) is 1. The number of halogens is 1. The van der Waals surface area contributed by atoms with Crippen LogP contribution in [0.2, 0.25) is 0 Å². The van der Waals surface area contributed by atoms with Gasteiger partial charge in [0.1, 0.15) is 23.2 Å². The molecule has 3 rings (SSSR count). The van der Waals surface area contributed by atoms with E-state index in [9.17, 15) is 14.0 Å². The Morgan fingerprint density at radius 1 is 1.40 bits per heavy atom. The van der Waals surface area contributed by atoms with E-state index in [1.807, 2.05) is 20.8 Å². The van der Waals surface area contributed by atoms with Gasteiger partial charge in [0.2, 0.25) is 11.8 Å². The molecule has 1 atom stereocenters. The van der Waals surface area contributed by atoms with E-state index in [4.69, 9.17) is 4.42 Å². The Bertz CT molecular complexity index is 812. The van der Waals surface area contributed by atoms with E-state index in [1.54, 1.807) is 11.0 Å². The van der Waals surface area contributed by atoms with Gasteiger partial charge in [-0.2, -0.15) is 0 Å². The first-order valence-electron chi connectivity index (χ1n) is 8.64. The zero-order valence-electron chi connectivity index (χ0n) is 14.8. The third kappa shape index (κ3) is 3.38. The number of carbonyl (C=O) groups is 2. The predicted molar refractivity (Wildman–Crippen MR) is 92.3 cm³/mol. The van der Waals surface area contributed by atoms with Gasteiger partial charge in [-0.15, -0.1) is 0 Å². The molecule has 1 aromatic carbocycles. The molecule has 1 aliphatic rings. The van der Waals surface area contributed by atoms with Crippen LogP contribution >= 0.6 is 0 Å². The summed E-state index contributed by atoms with van der Waals surface area (Å²) in [5.41, 5.74) is 1.41. The van der Waals surface area contributed by atoms with Crippen molar-refractivity contribution in [1.82, 2.24) is 10.2 Å². The van der Waals surface area contributed by atoms with Crippen LogP contribution in [0.5, 0.6) is 0 Å². The van der Waals surface area contributed by atoms with E-state index in [-0.39, 0.29) is 30.1 Å². The van der Waals surface area contributed by atoms with Gasteiger partial charge in [-0.1, -0.05) is 13.8 Å². The molecule has 5 nitrogen and oxygen atoms in total. The fourth-order valence-electron chi connectivity index (χ4n) is 3.33. The predicted octanol–water partition coefficient (Wildman–Crippen LogP) is 3.14. The van der Waals surface area contributed by atoms with Gasteiger partial charge >= 0.3 is 0 Å². The molecular formula is C19H23FN2O3. The highest BCUT2D eigenvalue weighted by Crippen LogP contribution is 2.26. The van der Waals surface area contributed by atoms with E-state index in [0.29, 0.717) is 29.7 Å². The number of hydrogen-bond acceptors (Lipinski definition) is 3. The second kappa shape index (κ2) is 6.86. The van der Waals surface area contributed by atoms with Crippen LogP contribution < -0.4 is 5.32 Å². The maximum absolute atomic E-state index is 13.4. The number of furan rings is 1. The molecule has 6 heteroatoms. The minimum atomic E-state index is -0.419. The van der Waals surface area contributed by atoms with Gasteiger partial charge in [-0.25, -0.2) is 4.39 Å². The van der Waals surface area contributed by atoms with Crippen LogP contribution in [0.25, 0.3) is 11.0 Å². The highest BCUT2D eigenvalue weighted by molar-refractivity contribution is 5.89. The molecule has 0 bridgehead atoms. The minimum absolute atomic E-state index is 0.00745. The summed E-state index contributed by atoms with van der Waals surface area (Å²) >= 11 is 0. The summed E-state index contributed by atoms with van der Waals surface area (Å²) in [5, 5.41) is 3.57. The molecule has 0 radical (unpaired) electrons. The van der Waals surface area contributed by atoms with Crippen LogP contribution in [0.1, 0.15) is 38.0 Å². The number of benzene rings is 1. The highest BCUT2D eigenvalue weighted by Gasteiger charge is 2.34. The summed E-state index contributed by atoms with van der Waals surface area (Å²) < 4.78 is 19.1. The van der Waals surface area contributed by atoms with Crippen molar-refractivity contribution in [3.8, 4) is 0 Å². The fraction of sp³-hybridized carbons (Fsp3) is 0.474. The molecule has 134 valence electrons. The summed E-state index contributed by atoms with van der Waals surface area (Å²) in [5.74, 6) is 0.000886. The lowest BCUT2D eigenvalue weighted by atomic mass is 10.1. The van der Waals surface area contributed by atoms with E-state index < -0.39 is 6.04 Å². The number of carbonyl (C=O) groups excluding carboxylic acids is 2. The van der Waals surface area contributed by atoms with Crippen molar-refractivity contribution in [2.75, 3.05) is 6.54 Å². The Morgan fingerprint density at radius 2 is 2.16 bits per heavy atom. The maximum atomic E-state index is 13.4. The quantitative estimate of drug-likeness (QED) is 0.925.